The highest BCUT2D eigenvalue weighted by atomic mass is 16.8. The first-order valence-electron chi connectivity index (χ1n) is 32.6. The van der Waals surface area contributed by atoms with Crippen molar-refractivity contribution in [3.63, 3.8) is 0 Å². The van der Waals surface area contributed by atoms with Gasteiger partial charge >= 0.3 is 12.1 Å². The summed E-state index contributed by atoms with van der Waals surface area (Å²) in [7, 11) is 4.41. The molecule has 6 rings (SSSR count). The highest BCUT2D eigenvalue weighted by Gasteiger charge is 2.56. The summed E-state index contributed by atoms with van der Waals surface area (Å²) in [6, 6.07) is -1.25. The van der Waals surface area contributed by atoms with Gasteiger partial charge in [0.25, 0.3) is 11.7 Å². The molecule has 2 unspecified atom stereocenters. The van der Waals surface area contributed by atoms with Crippen molar-refractivity contribution in [3.05, 3.63) is 47.6 Å². The number of hydrogen-bond donors (Lipinski definition) is 9. The van der Waals surface area contributed by atoms with E-state index in [1.54, 1.807) is 40.9 Å². The number of carbonyl (C=O) groups excluding carboxylic acids is 6. The fraction of sp³-hybridized carbons (Fsp3) is 0.788. The van der Waals surface area contributed by atoms with E-state index in [0.717, 1.165) is 10.5 Å². The number of Topliss-reactive ketones (excluding diaryl/α,β-unsaturated/α-hetero) is 3. The van der Waals surface area contributed by atoms with Crippen LogP contribution in [-0.2, 0) is 76.1 Å². The molecule has 24 atom stereocenters. The van der Waals surface area contributed by atoms with Crippen LogP contribution in [0, 0.1) is 35.5 Å². The molecule has 6 aliphatic rings. The number of aliphatic hydroxyl groups excluding tert-OH is 7. The third kappa shape index (κ3) is 20.1. The zero-order valence-electron chi connectivity index (χ0n) is 55.3. The number of piperidine rings is 1. The van der Waals surface area contributed by atoms with Crippen LogP contribution in [0.25, 0.3) is 0 Å². The van der Waals surface area contributed by atoms with Crippen LogP contribution in [0.5, 0.6) is 0 Å². The molecule has 4 saturated heterocycles. The van der Waals surface area contributed by atoms with Crippen LogP contribution in [0.15, 0.2) is 47.6 Å². The molecule has 0 aromatic rings. The second-order valence-electron chi connectivity index (χ2n) is 26.3. The van der Waals surface area contributed by atoms with Crippen molar-refractivity contribution in [3.8, 4) is 0 Å². The molecule has 9 N–H and O–H groups in total. The standard InChI is InChI=1S/C66H103NO26/c1-35-16-12-11-13-17-36(2)48(83-8)30-43-21-19-41(7)66(82,93-43)59(77)61(78)67-23-15-14-18-44(67)62(79)90-49(31-45(69)37(3)27-40(6)53(72)58(85-10)52(71)39(5)26-35)38(4)28-42-20-22-47(50(29-42)84-9)86-24-25-87-64(80)88-34-65(81)60(54(73)46(70)33-89-65)92-63-57(76)56(75)55(74)51(32-68)91-63/h11-13,16-17,27,35,37-39,41-44,46-51,53-58,60,63,68,70,72-76,81-82H,14-15,18-26,28-34H2,1-10H3/b13-11+,16-12-,36-17+,40-27+/t35-,37-,38-,39-,41-,42?,43+,44?,46-,47-,48+,49+,50-,51-,53-,54-,55-,56+,57-,58+,60+,63-,65+,66-/m1/s1. The van der Waals surface area contributed by atoms with E-state index in [9.17, 15) is 74.7 Å². The van der Waals surface area contributed by atoms with Gasteiger partial charge in [0, 0.05) is 58.5 Å². The predicted octanol–water partition coefficient (Wildman–Crippen LogP) is 1.98. The van der Waals surface area contributed by atoms with Gasteiger partial charge in [-0.3, -0.25) is 19.2 Å². The van der Waals surface area contributed by atoms with Crippen molar-refractivity contribution >= 4 is 35.4 Å². The zero-order chi connectivity index (χ0) is 68.6. The van der Waals surface area contributed by atoms with Gasteiger partial charge in [-0.15, -0.1) is 0 Å². The van der Waals surface area contributed by atoms with E-state index in [1.165, 1.54) is 14.2 Å². The summed E-state index contributed by atoms with van der Waals surface area (Å²) in [6.07, 6.45) is -6.26. The average Bonchev–Trinajstić information content (AvgIpc) is 0.810. The molecule has 93 heavy (non-hydrogen) atoms. The maximum atomic E-state index is 14.7. The molecular formula is C66H103NO26. The summed E-state index contributed by atoms with van der Waals surface area (Å²) in [5.74, 6) is -11.7. The lowest BCUT2D eigenvalue weighted by Crippen LogP contribution is -2.67. The third-order valence-electron chi connectivity index (χ3n) is 19.3. The minimum atomic E-state index is -2.67. The smallest absolute Gasteiger partial charge is 0.460 e. The lowest BCUT2D eigenvalue weighted by molar-refractivity contribution is -0.387. The fourth-order valence-corrected chi connectivity index (χ4v) is 13.3. The highest BCUT2D eigenvalue weighted by Crippen LogP contribution is 2.39. The van der Waals surface area contributed by atoms with Crippen molar-refractivity contribution < 1.29 is 127 Å². The molecule has 5 fully saturated rings. The van der Waals surface area contributed by atoms with Crippen LogP contribution >= 0.6 is 0 Å². The molecule has 27 heteroatoms. The largest absolute Gasteiger partial charge is 0.508 e. The van der Waals surface area contributed by atoms with Crippen LogP contribution < -0.4 is 0 Å². The van der Waals surface area contributed by atoms with Gasteiger partial charge in [0.15, 0.2) is 18.7 Å². The fourth-order valence-electron chi connectivity index (χ4n) is 13.3. The van der Waals surface area contributed by atoms with Gasteiger partial charge in [0.2, 0.25) is 11.6 Å². The molecule has 5 aliphatic heterocycles. The summed E-state index contributed by atoms with van der Waals surface area (Å²) in [5, 5.41) is 96.6. The molecule has 1 amide bonds. The molecule has 5 heterocycles. The molecule has 1 aliphatic carbocycles. The summed E-state index contributed by atoms with van der Waals surface area (Å²) in [4.78, 5) is 85.9. The number of cyclic esters (lactones) is 1. The van der Waals surface area contributed by atoms with Gasteiger partial charge in [0.1, 0.15) is 79.5 Å². The Hall–Kier alpha value is -4.50. The number of esters is 1. The predicted molar refractivity (Wildman–Crippen MR) is 328 cm³/mol. The van der Waals surface area contributed by atoms with E-state index < -0.39 is 177 Å². The number of methoxy groups -OCH3 is 3. The van der Waals surface area contributed by atoms with E-state index in [2.05, 4.69) is 0 Å². The molecule has 27 nitrogen and oxygen atoms in total. The van der Waals surface area contributed by atoms with Gasteiger partial charge in [-0.05, 0) is 107 Å². The molecule has 0 aromatic carbocycles. The highest BCUT2D eigenvalue weighted by molar-refractivity contribution is 6.39. The van der Waals surface area contributed by atoms with E-state index >= 15 is 0 Å². The number of carbonyl (C=O) groups is 6. The second kappa shape index (κ2) is 35.7. The number of allylic oxidation sites excluding steroid dienone is 6. The SMILES string of the molecule is CO[C@H]1C[C@@H]2CC[C@@H](C)[C@@](O)(O2)C(=O)C(=O)N2CCCCC2C(=O)O[C@H]([C@H](C)CC2CC[C@@H](OCCOC(=O)OC[C@]3(O)OC[C@@H](O)[C@@H](O)[C@@H]3O[C@H]3O[C@H](CO)[C@@H](O)[C@H](O)[C@H]3O)[C@H](OC)C2)CC(=O)[C@H](C)/C=C(\C)[C@@H](O)[C@@H](OC)C(=O)[C@H](C)C[C@H](C)\C=C/C=C/C=C/1C. The maximum Gasteiger partial charge on any atom is 0.508 e. The van der Waals surface area contributed by atoms with Crippen LogP contribution in [0.3, 0.4) is 0 Å². The number of fused-ring (bicyclic) bond motifs is 3. The number of ether oxygens (including phenoxy) is 11. The van der Waals surface area contributed by atoms with E-state index in [0.29, 0.717) is 63.4 Å². The van der Waals surface area contributed by atoms with E-state index in [4.69, 9.17) is 52.1 Å². The number of nitrogens with zero attached hydrogens (tertiary/aromatic N) is 1. The normalized spacial score (nSPS) is 41.7. The molecule has 0 spiro atoms. The number of ketones is 3. The Balaban J connectivity index is 1.14. The van der Waals surface area contributed by atoms with Crippen molar-refractivity contribution in [2.45, 2.75) is 235 Å². The Bertz CT molecular complexity index is 2600. The van der Waals surface area contributed by atoms with Gasteiger partial charge in [-0.25, -0.2) is 9.59 Å². The third-order valence-corrected chi connectivity index (χ3v) is 19.3. The lowest BCUT2D eigenvalue weighted by Gasteiger charge is -2.47. The Labute approximate surface area is 544 Å². The number of hydrogen-bond acceptors (Lipinski definition) is 26. The van der Waals surface area contributed by atoms with Crippen molar-refractivity contribution in [2.75, 3.05) is 60.9 Å². The van der Waals surface area contributed by atoms with Crippen molar-refractivity contribution in [1.82, 2.24) is 4.90 Å². The number of rotatable bonds is 15. The van der Waals surface area contributed by atoms with Gasteiger partial charge in [-0.2, -0.15) is 0 Å². The first kappa shape index (κ1) is 77.5. The average molecular weight is 1330 g/mol. The molecular weight excluding hydrogens is 1220 g/mol. The Morgan fingerprint density at radius 1 is 0.785 bits per heavy atom. The first-order chi connectivity index (χ1) is 44.0. The van der Waals surface area contributed by atoms with Crippen LogP contribution in [-0.4, -0.2) is 257 Å². The molecule has 528 valence electrons. The summed E-state index contributed by atoms with van der Waals surface area (Å²) >= 11 is 0. The minimum absolute atomic E-state index is 0.00946. The molecule has 1 saturated carbocycles. The summed E-state index contributed by atoms with van der Waals surface area (Å²) in [6.45, 7) is 9.40. The Morgan fingerprint density at radius 2 is 1.52 bits per heavy atom. The Kier molecular flexibility index (Phi) is 29.7. The first-order valence-corrected chi connectivity index (χ1v) is 32.6. The van der Waals surface area contributed by atoms with Gasteiger partial charge < -0.3 is 103 Å². The summed E-state index contributed by atoms with van der Waals surface area (Å²) < 4.78 is 62.4. The second-order valence-corrected chi connectivity index (χ2v) is 26.3. The van der Waals surface area contributed by atoms with E-state index in [-0.39, 0.29) is 62.4 Å². The number of aliphatic hydroxyl groups is 9. The minimum Gasteiger partial charge on any atom is -0.460 e. The topological polar surface area (TPSA) is 389 Å². The van der Waals surface area contributed by atoms with Gasteiger partial charge in [0.05, 0.1) is 44.2 Å². The molecule has 2 bridgehead atoms. The zero-order valence-corrected chi connectivity index (χ0v) is 55.3. The molecule has 0 aromatic heterocycles. The summed E-state index contributed by atoms with van der Waals surface area (Å²) in [5.41, 5.74) is 1.16. The lowest BCUT2D eigenvalue weighted by atomic mass is 9.78. The number of amides is 1. The maximum absolute atomic E-state index is 14.7. The molecule has 0 radical (unpaired) electrons. The van der Waals surface area contributed by atoms with Crippen molar-refractivity contribution in [2.24, 2.45) is 35.5 Å². The quantitative estimate of drug-likeness (QED) is 0.0490. The monoisotopic (exact) mass is 1330 g/mol. The van der Waals surface area contributed by atoms with Crippen molar-refractivity contribution in [1.29, 1.82) is 0 Å². The Morgan fingerprint density at radius 3 is 2.20 bits per heavy atom. The van der Waals surface area contributed by atoms with Gasteiger partial charge in [-0.1, -0.05) is 71.1 Å². The van der Waals surface area contributed by atoms with Crippen LogP contribution in [0.2, 0.25) is 0 Å². The van der Waals surface area contributed by atoms with Crippen LogP contribution in [0.4, 0.5) is 4.79 Å². The van der Waals surface area contributed by atoms with E-state index in [1.807, 2.05) is 51.2 Å². The van der Waals surface area contributed by atoms with Crippen LogP contribution in [0.1, 0.15) is 126 Å².